The highest BCUT2D eigenvalue weighted by Gasteiger charge is 2.11. The van der Waals surface area contributed by atoms with Gasteiger partial charge in [0.15, 0.2) is 0 Å². The monoisotopic (exact) mass is 200 g/mol. The van der Waals surface area contributed by atoms with Crippen molar-refractivity contribution in [2.75, 3.05) is 0 Å². The van der Waals surface area contributed by atoms with Crippen LogP contribution in [0.2, 0.25) is 0 Å². The Morgan fingerprint density at radius 2 is 2.23 bits per heavy atom. The minimum absolute atomic E-state index is 0. The average Bonchev–Trinajstić information content (AvgIpc) is 2.33. The van der Waals surface area contributed by atoms with Crippen molar-refractivity contribution in [2.45, 2.75) is 26.3 Å². The molecule has 0 fully saturated rings. The van der Waals surface area contributed by atoms with Gasteiger partial charge in [-0.25, -0.2) is 0 Å². The first-order valence-corrected chi connectivity index (χ1v) is 3.84. The summed E-state index contributed by atoms with van der Waals surface area (Å²) in [6.45, 7) is 3.85. The molecule has 13 heavy (non-hydrogen) atoms. The number of halogens is 1. The van der Waals surface area contributed by atoms with Crippen molar-refractivity contribution in [1.29, 1.82) is 5.26 Å². The lowest BCUT2D eigenvalue weighted by molar-refractivity contribution is 0.447. The summed E-state index contributed by atoms with van der Waals surface area (Å²) in [5.74, 6) is 1.57. The Balaban J connectivity index is 0.00000144. The maximum absolute atomic E-state index is 8.40. The molecule has 0 radical (unpaired) electrons. The molecule has 1 aromatic rings. The molecule has 1 aromatic heterocycles. The Hall–Kier alpha value is -0.980. The zero-order valence-corrected chi connectivity index (χ0v) is 8.52. The average molecular weight is 201 g/mol. The first-order valence-electron chi connectivity index (χ1n) is 3.84. The van der Waals surface area contributed by atoms with Crippen LogP contribution in [0.3, 0.4) is 0 Å². The quantitative estimate of drug-likeness (QED) is 0.797. The van der Waals surface area contributed by atoms with Gasteiger partial charge in [-0.1, -0.05) is 0 Å². The van der Waals surface area contributed by atoms with E-state index < -0.39 is 0 Å². The van der Waals surface area contributed by atoms with Crippen LogP contribution in [0.15, 0.2) is 10.5 Å². The van der Waals surface area contributed by atoms with E-state index in [1.54, 1.807) is 0 Å². The molecule has 0 aliphatic carbocycles. The molecule has 0 aliphatic rings. The molecule has 0 aromatic carbocycles. The Bertz CT molecular complexity index is 294. The summed E-state index contributed by atoms with van der Waals surface area (Å²) in [5.41, 5.74) is 6.75. The fourth-order valence-electron chi connectivity index (χ4n) is 0.983. The van der Waals surface area contributed by atoms with Crippen molar-refractivity contribution in [3.63, 3.8) is 0 Å². The second-order valence-corrected chi connectivity index (χ2v) is 2.86. The number of hydrogen-bond acceptors (Lipinski definition) is 3. The van der Waals surface area contributed by atoms with E-state index >= 15 is 0 Å². The fourth-order valence-corrected chi connectivity index (χ4v) is 0.983. The third-order valence-electron chi connectivity index (χ3n) is 1.86. The fraction of sp³-hybridized carbons (Fsp3) is 0.444. The van der Waals surface area contributed by atoms with Gasteiger partial charge in [0.1, 0.15) is 11.5 Å². The number of aryl methyl sites for hydroxylation is 2. The second kappa shape index (κ2) is 4.90. The van der Waals surface area contributed by atoms with Crippen LogP contribution in [-0.4, -0.2) is 0 Å². The molecule has 0 unspecified atom stereocenters. The summed E-state index contributed by atoms with van der Waals surface area (Å²) in [6.07, 6.45) is 0.298. The van der Waals surface area contributed by atoms with Crippen molar-refractivity contribution < 1.29 is 4.42 Å². The van der Waals surface area contributed by atoms with Gasteiger partial charge in [-0.2, -0.15) is 5.26 Å². The van der Waals surface area contributed by atoms with Crippen LogP contribution in [0.4, 0.5) is 0 Å². The standard InChI is InChI=1S/C9H12N2O.ClH/c1-6-5-9(12-7(6)2)8(11)3-4-10;/h5,8H,3,11H2,1-2H3;1H/t8-;/m1./s1. The van der Waals surface area contributed by atoms with Gasteiger partial charge in [0.2, 0.25) is 0 Å². The van der Waals surface area contributed by atoms with Crippen LogP contribution in [0.5, 0.6) is 0 Å². The van der Waals surface area contributed by atoms with Crippen LogP contribution >= 0.6 is 12.4 Å². The summed E-state index contributed by atoms with van der Waals surface area (Å²) < 4.78 is 5.35. The smallest absolute Gasteiger partial charge is 0.122 e. The van der Waals surface area contributed by atoms with Crippen LogP contribution in [0.25, 0.3) is 0 Å². The molecule has 0 aliphatic heterocycles. The van der Waals surface area contributed by atoms with E-state index in [4.69, 9.17) is 15.4 Å². The predicted molar refractivity (Wildman–Crippen MR) is 52.6 cm³/mol. The molecule has 4 heteroatoms. The van der Waals surface area contributed by atoms with Crippen LogP contribution in [-0.2, 0) is 0 Å². The Morgan fingerprint density at radius 3 is 2.62 bits per heavy atom. The molecule has 3 nitrogen and oxygen atoms in total. The van der Waals surface area contributed by atoms with E-state index in [2.05, 4.69) is 0 Å². The first kappa shape index (κ1) is 12.0. The molecule has 1 atom stereocenters. The minimum Gasteiger partial charge on any atom is -0.464 e. The van der Waals surface area contributed by atoms with E-state index in [-0.39, 0.29) is 18.4 Å². The molecule has 1 heterocycles. The van der Waals surface area contributed by atoms with Gasteiger partial charge < -0.3 is 10.2 Å². The van der Waals surface area contributed by atoms with Crippen molar-refractivity contribution in [1.82, 2.24) is 0 Å². The number of hydrogen-bond donors (Lipinski definition) is 1. The van der Waals surface area contributed by atoms with Gasteiger partial charge in [-0.3, -0.25) is 0 Å². The lowest BCUT2D eigenvalue weighted by Crippen LogP contribution is -2.07. The van der Waals surface area contributed by atoms with Crippen molar-refractivity contribution >= 4 is 12.4 Å². The molecule has 1 rings (SSSR count). The largest absolute Gasteiger partial charge is 0.464 e. The third kappa shape index (κ3) is 2.76. The van der Waals surface area contributed by atoms with Gasteiger partial charge in [0.25, 0.3) is 0 Å². The number of nitrogens with two attached hydrogens (primary N) is 1. The molecule has 0 amide bonds. The highest BCUT2D eigenvalue weighted by Crippen LogP contribution is 2.19. The van der Waals surface area contributed by atoms with Crippen molar-refractivity contribution in [2.24, 2.45) is 5.73 Å². The van der Waals surface area contributed by atoms with Crippen molar-refractivity contribution in [3.05, 3.63) is 23.2 Å². The van der Waals surface area contributed by atoms with Gasteiger partial charge >= 0.3 is 0 Å². The number of furan rings is 1. The second-order valence-electron chi connectivity index (χ2n) is 2.86. The predicted octanol–water partition coefficient (Wildman–Crippen LogP) is 2.23. The molecule has 0 saturated carbocycles. The lowest BCUT2D eigenvalue weighted by Gasteiger charge is -2.00. The van der Waals surface area contributed by atoms with E-state index in [0.29, 0.717) is 12.2 Å². The summed E-state index contributed by atoms with van der Waals surface area (Å²) >= 11 is 0. The van der Waals surface area contributed by atoms with Gasteiger partial charge in [0, 0.05) is 0 Å². The maximum atomic E-state index is 8.40. The van der Waals surface area contributed by atoms with E-state index in [1.807, 2.05) is 26.0 Å². The molecule has 72 valence electrons. The molecular weight excluding hydrogens is 188 g/mol. The number of rotatable bonds is 2. The van der Waals surface area contributed by atoms with E-state index in [1.165, 1.54) is 0 Å². The summed E-state index contributed by atoms with van der Waals surface area (Å²) in [4.78, 5) is 0. The van der Waals surface area contributed by atoms with E-state index in [9.17, 15) is 0 Å². The number of nitrogens with zero attached hydrogens (tertiary/aromatic N) is 1. The SMILES string of the molecule is Cc1cc([C@H](N)CC#N)oc1C.Cl. The van der Waals surface area contributed by atoms with Gasteiger partial charge in [0.05, 0.1) is 18.5 Å². The zero-order valence-electron chi connectivity index (χ0n) is 7.70. The molecular formula is C9H13ClN2O. The molecule has 0 spiro atoms. The highest BCUT2D eigenvalue weighted by molar-refractivity contribution is 5.85. The Labute approximate surface area is 83.9 Å². The van der Waals surface area contributed by atoms with Gasteiger partial charge in [-0.15, -0.1) is 12.4 Å². The highest BCUT2D eigenvalue weighted by atomic mass is 35.5. The third-order valence-corrected chi connectivity index (χ3v) is 1.86. The van der Waals surface area contributed by atoms with Crippen molar-refractivity contribution in [3.8, 4) is 6.07 Å². The van der Waals surface area contributed by atoms with Gasteiger partial charge in [-0.05, 0) is 25.5 Å². The van der Waals surface area contributed by atoms with Crippen LogP contribution in [0, 0.1) is 25.2 Å². The molecule has 2 N–H and O–H groups in total. The van der Waals surface area contributed by atoms with Crippen LogP contribution < -0.4 is 5.73 Å². The first-order chi connectivity index (χ1) is 5.65. The normalized spacial score (nSPS) is 11.5. The van der Waals surface area contributed by atoms with E-state index in [0.717, 1.165) is 11.3 Å². The summed E-state index contributed by atoms with van der Waals surface area (Å²) in [5, 5.41) is 8.40. The topological polar surface area (TPSA) is 63.0 Å². The summed E-state index contributed by atoms with van der Waals surface area (Å²) in [6, 6.07) is 3.61. The Morgan fingerprint density at radius 1 is 1.62 bits per heavy atom. The molecule has 0 saturated heterocycles. The molecule has 0 bridgehead atoms. The summed E-state index contributed by atoms with van der Waals surface area (Å²) in [7, 11) is 0. The minimum atomic E-state index is -0.289. The Kier molecular flexibility index (Phi) is 4.53. The lowest BCUT2D eigenvalue weighted by atomic mass is 10.1. The number of nitriles is 1. The maximum Gasteiger partial charge on any atom is 0.122 e. The zero-order chi connectivity index (χ0) is 9.14. The van der Waals surface area contributed by atoms with Crippen LogP contribution in [0.1, 0.15) is 29.5 Å².